The van der Waals surface area contributed by atoms with Crippen molar-refractivity contribution < 1.29 is 24.6 Å². The molecule has 1 unspecified atom stereocenters. The first-order valence-electron chi connectivity index (χ1n) is 8.34. The second kappa shape index (κ2) is 9.14. The molecule has 0 saturated carbocycles. The smallest absolute Gasteiger partial charge is 0.326 e. The van der Waals surface area contributed by atoms with Crippen molar-refractivity contribution in [2.75, 3.05) is 0 Å². The van der Waals surface area contributed by atoms with E-state index >= 15 is 0 Å². The quantitative estimate of drug-likeness (QED) is 0.385. The van der Waals surface area contributed by atoms with Crippen LogP contribution in [0.5, 0.6) is 5.75 Å². The second-order valence-electron chi connectivity index (χ2n) is 6.08. The number of nitriles is 1. The summed E-state index contributed by atoms with van der Waals surface area (Å²) >= 11 is 0. The highest BCUT2D eigenvalue weighted by atomic mass is 16.4. The molecule has 0 aliphatic carbocycles. The number of carboxylic acid groups (broad SMARTS) is 1. The number of phenols is 1. The Bertz CT molecular complexity index is 954. The molecule has 0 aromatic heterocycles. The molecule has 2 aromatic rings. The first-order valence-corrected chi connectivity index (χ1v) is 8.34. The SMILES string of the molecule is CC(=O)c1ccc(CC(NC(=O)C(C#N)=Cc2ccc(O)cc2)C(=O)O)cc1. The van der Waals surface area contributed by atoms with Gasteiger partial charge in [-0.2, -0.15) is 5.26 Å². The molecule has 7 nitrogen and oxygen atoms in total. The number of Topliss-reactive ketones (excluding diaryl/α,β-unsaturated/α-hetero) is 1. The largest absolute Gasteiger partial charge is 0.508 e. The van der Waals surface area contributed by atoms with Crippen molar-refractivity contribution in [3.8, 4) is 11.8 Å². The lowest BCUT2D eigenvalue weighted by molar-refractivity contribution is -0.141. The number of aromatic hydroxyl groups is 1. The fraction of sp³-hybridized carbons (Fsp3) is 0.143. The number of rotatable bonds is 7. The average molecular weight is 378 g/mol. The van der Waals surface area contributed by atoms with Gasteiger partial charge in [0.05, 0.1) is 0 Å². The summed E-state index contributed by atoms with van der Waals surface area (Å²) in [6.45, 7) is 1.43. The highest BCUT2D eigenvalue weighted by molar-refractivity contribution is 6.03. The van der Waals surface area contributed by atoms with E-state index in [1.165, 1.54) is 37.3 Å². The molecule has 0 fully saturated rings. The maximum absolute atomic E-state index is 12.3. The highest BCUT2D eigenvalue weighted by Crippen LogP contribution is 2.13. The van der Waals surface area contributed by atoms with Gasteiger partial charge in [-0.1, -0.05) is 36.4 Å². The Morgan fingerprint density at radius 2 is 1.71 bits per heavy atom. The van der Waals surface area contributed by atoms with E-state index in [-0.39, 0.29) is 23.5 Å². The third-order valence-corrected chi connectivity index (χ3v) is 3.97. The number of carboxylic acids is 1. The summed E-state index contributed by atoms with van der Waals surface area (Å²) in [4.78, 5) is 35.2. The van der Waals surface area contributed by atoms with E-state index in [0.717, 1.165) is 0 Å². The molecule has 0 saturated heterocycles. The van der Waals surface area contributed by atoms with Crippen LogP contribution in [0.25, 0.3) is 6.08 Å². The molecule has 142 valence electrons. The van der Waals surface area contributed by atoms with Gasteiger partial charge in [0.15, 0.2) is 5.78 Å². The number of ketones is 1. The Kier molecular flexibility index (Phi) is 6.66. The molecule has 1 atom stereocenters. The molecule has 0 aliphatic heterocycles. The minimum absolute atomic E-state index is 0.00280. The third kappa shape index (κ3) is 5.54. The number of phenolic OH excluding ortho intramolecular Hbond substituents is 1. The molecular weight excluding hydrogens is 360 g/mol. The van der Waals surface area contributed by atoms with Gasteiger partial charge in [0.2, 0.25) is 0 Å². The van der Waals surface area contributed by atoms with Gasteiger partial charge >= 0.3 is 5.97 Å². The molecule has 7 heteroatoms. The van der Waals surface area contributed by atoms with Crippen molar-refractivity contribution >= 4 is 23.7 Å². The van der Waals surface area contributed by atoms with Gasteiger partial charge < -0.3 is 15.5 Å². The predicted molar refractivity (Wildman–Crippen MR) is 101 cm³/mol. The van der Waals surface area contributed by atoms with Crippen LogP contribution in [0.3, 0.4) is 0 Å². The van der Waals surface area contributed by atoms with Crippen molar-refractivity contribution in [1.82, 2.24) is 5.32 Å². The Morgan fingerprint density at radius 1 is 1.11 bits per heavy atom. The van der Waals surface area contributed by atoms with E-state index in [9.17, 15) is 29.9 Å². The number of hydrogen-bond donors (Lipinski definition) is 3. The maximum Gasteiger partial charge on any atom is 0.326 e. The Labute approximate surface area is 161 Å². The first-order chi connectivity index (χ1) is 13.3. The number of aliphatic carboxylic acids is 1. The van der Waals surface area contributed by atoms with Crippen LogP contribution in [-0.2, 0) is 16.0 Å². The summed E-state index contributed by atoms with van der Waals surface area (Å²) in [7, 11) is 0. The number of hydrogen-bond acceptors (Lipinski definition) is 5. The minimum Gasteiger partial charge on any atom is -0.508 e. The lowest BCUT2D eigenvalue weighted by Crippen LogP contribution is -2.42. The Morgan fingerprint density at radius 3 is 2.21 bits per heavy atom. The number of nitrogens with one attached hydrogen (secondary N) is 1. The highest BCUT2D eigenvalue weighted by Gasteiger charge is 2.22. The Hall–Kier alpha value is -3.92. The van der Waals surface area contributed by atoms with E-state index in [2.05, 4.69) is 5.32 Å². The summed E-state index contributed by atoms with van der Waals surface area (Å²) < 4.78 is 0. The maximum atomic E-state index is 12.3. The third-order valence-electron chi connectivity index (χ3n) is 3.97. The van der Waals surface area contributed by atoms with Crippen LogP contribution in [0, 0.1) is 11.3 Å². The topological polar surface area (TPSA) is 127 Å². The van der Waals surface area contributed by atoms with Gasteiger partial charge in [-0.25, -0.2) is 4.79 Å². The van der Waals surface area contributed by atoms with E-state index in [4.69, 9.17) is 0 Å². The number of carbonyl (C=O) groups is 3. The molecular formula is C21H18N2O5. The van der Waals surface area contributed by atoms with Crippen LogP contribution in [0.15, 0.2) is 54.1 Å². The second-order valence-corrected chi connectivity index (χ2v) is 6.08. The summed E-state index contributed by atoms with van der Waals surface area (Å²) in [5, 5.41) is 30.2. The van der Waals surface area contributed by atoms with E-state index in [1.807, 2.05) is 0 Å². The molecule has 3 N–H and O–H groups in total. The molecule has 28 heavy (non-hydrogen) atoms. The average Bonchev–Trinajstić information content (AvgIpc) is 2.67. The van der Waals surface area contributed by atoms with E-state index in [0.29, 0.717) is 16.7 Å². The molecule has 0 aliphatic rings. The zero-order chi connectivity index (χ0) is 20.7. The molecule has 0 heterocycles. The molecule has 2 aromatic carbocycles. The number of carbonyl (C=O) groups excluding carboxylic acids is 2. The fourth-order valence-corrected chi connectivity index (χ4v) is 2.43. The van der Waals surface area contributed by atoms with Crippen LogP contribution < -0.4 is 5.32 Å². The summed E-state index contributed by atoms with van der Waals surface area (Å²) in [6.07, 6.45) is 1.30. The minimum atomic E-state index is -1.24. The predicted octanol–water partition coefficient (Wildman–Crippen LogP) is 2.31. The zero-order valence-electron chi connectivity index (χ0n) is 15.0. The fourth-order valence-electron chi connectivity index (χ4n) is 2.43. The van der Waals surface area contributed by atoms with Gasteiger partial charge in [0, 0.05) is 12.0 Å². The summed E-state index contributed by atoms with van der Waals surface area (Å²) in [6, 6.07) is 12.8. The van der Waals surface area contributed by atoms with E-state index < -0.39 is 17.9 Å². The van der Waals surface area contributed by atoms with Crippen LogP contribution in [-0.4, -0.2) is 33.9 Å². The van der Waals surface area contributed by atoms with Gasteiger partial charge in [0.1, 0.15) is 23.4 Å². The normalized spacial score (nSPS) is 11.9. The van der Waals surface area contributed by atoms with Gasteiger partial charge in [-0.15, -0.1) is 0 Å². The Balaban J connectivity index is 2.14. The van der Waals surface area contributed by atoms with Crippen molar-refractivity contribution in [2.45, 2.75) is 19.4 Å². The van der Waals surface area contributed by atoms with Crippen molar-refractivity contribution in [1.29, 1.82) is 5.26 Å². The summed E-state index contributed by atoms with van der Waals surface area (Å²) in [5.41, 5.74) is 1.38. The van der Waals surface area contributed by atoms with Crippen LogP contribution >= 0.6 is 0 Å². The van der Waals surface area contributed by atoms with Crippen molar-refractivity contribution in [3.05, 3.63) is 70.8 Å². The van der Waals surface area contributed by atoms with Gasteiger partial charge in [-0.05, 0) is 36.3 Å². The summed E-state index contributed by atoms with van der Waals surface area (Å²) in [5.74, 6) is -2.12. The molecule has 2 rings (SSSR count). The monoisotopic (exact) mass is 378 g/mol. The van der Waals surface area contributed by atoms with Crippen LogP contribution in [0.2, 0.25) is 0 Å². The zero-order valence-corrected chi connectivity index (χ0v) is 15.0. The molecule has 1 amide bonds. The standard InChI is InChI=1S/C21H18N2O5/c1-13(24)16-6-2-15(3-7-16)11-19(21(27)28)23-20(26)17(12-22)10-14-4-8-18(25)9-5-14/h2-10,19,25H,11H2,1H3,(H,23,26)(H,27,28). The van der Waals surface area contributed by atoms with Crippen LogP contribution in [0.4, 0.5) is 0 Å². The van der Waals surface area contributed by atoms with Crippen LogP contribution in [0.1, 0.15) is 28.4 Å². The molecule has 0 bridgehead atoms. The first kappa shape index (κ1) is 20.4. The van der Waals surface area contributed by atoms with Crippen molar-refractivity contribution in [2.24, 2.45) is 0 Å². The van der Waals surface area contributed by atoms with Gasteiger partial charge in [0.25, 0.3) is 5.91 Å². The molecule has 0 radical (unpaired) electrons. The van der Waals surface area contributed by atoms with Gasteiger partial charge in [-0.3, -0.25) is 9.59 Å². The number of benzene rings is 2. The van der Waals surface area contributed by atoms with E-state index in [1.54, 1.807) is 30.3 Å². The lowest BCUT2D eigenvalue weighted by atomic mass is 10.0. The number of amides is 1. The van der Waals surface area contributed by atoms with Crippen molar-refractivity contribution in [3.63, 3.8) is 0 Å². The lowest BCUT2D eigenvalue weighted by Gasteiger charge is -2.14. The number of nitrogens with zero attached hydrogens (tertiary/aromatic N) is 1. The molecule has 0 spiro atoms.